The topological polar surface area (TPSA) is 21.3 Å². The van der Waals surface area contributed by atoms with Gasteiger partial charge in [-0.25, -0.2) is 0 Å². The predicted molar refractivity (Wildman–Crippen MR) is 74.3 cm³/mol. The fraction of sp³-hybridized carbons (Fsp3) is 0.571. The molecule has 0 amide bonds. The van der Waals surface area contributed by atoms with E-state index < -0.39 is 0 Å². The van der Waals surface area contributed by atoms with Crippen molar-refractivity contribution in [3.63, 3.8) is 0 Å². The fourth-order valence-corrected chi connectivity index (χ4v) is 2.53. The van der Waals surface area contributed by atoms with E-state index in [1.807, 2.05) is 7.05 Å². The highest BCUT2D eigenvalue weighted by molar-refractivity contribution is 6.17. The standard InChI is InChI=1S/C14H22ClNO/c1-9-8-10(2)13(12(16-4)6-7-15)14(17-5)11(9)3/h8,12,16H,6-7H2,1-5H3. The Kier molecular flexibility index (Phi) is 5.29. The largest absolute Gasteiger partial charge is 0.496 e. The minimum atomic E-state index is 0.252. The molecule has 0 heterocycles. The summed E-state index contributed by atoms with van der Waals surface area (Å²) in [4.78, 5) is 0. The van der Waals surface area contributed by atoms with Gasteiger partial charge in [-0.3, -0.25) is 0 Å². The summed E-state index contributed by atoms with van der Waals surface area (Å²) in [6.07, 6.45) is 0.901. The molecule has 3 heteroatoms. The van der Waals surface area contributed by atoms with Gasteiger partial charge in [-0.15, -0.1) is 11.6 Å². The first-order valence-corrected chi connectivity index (χ1v) is 6.48. The average molecular weight is 256 g/mol. The summed E-state index contributed by atoms with van der Waals surface area (Å²) in [6, 6.07) is 2.47. The van der Waals surface area contributed by atoms with Crippen molar-refractivity contribution >= 4 is 11.6 Å². The number of halogens is 1. The zero-order valence-corrected chi connectivity index (χ0v) is 12.1. The Hall–Kier alpha value is -0.730. The highest BCUT2D eigenvalue weighted by atomic mass is 35.5. The lowest BCUT2D eigenvalue weighted by atomic mass is 9.93. The van der Waals surface area contributed by atoms with Crippen LogP contribution in [-0.2, 0) is 0 Å². The molecule has 2 nitrogen and oxygen atoms in total. The van der Waals surface area contributed by atoms with Crippen molar-refractivity contribution in [1.82, 2.24) is 5.32 Å². The van der Waals surface area contributed by atoms with Crippen LogP contribution in [0.2, 0.25) is 0 Å². The summed E-state index contributed by atoms with van der Waals surface area (Å²) in [5, 5.41) is 3.32. The second kappa shape index (κ2) is 6.27. The lowest BCUT2D eigenvalue weighted by Crippen LogP contribution is -2.19. The van der Waals surface area contributed by atoms with Crippen molar-refractivity contribution in [3.05, 3.63) is 28.3 Å². The highest BCUT2D eigenvalue weighted by Gasteiger charge is 2.19. The molecule has 0 fully saturated rings. The van der Waals surface area contributed by atoms with Crippen LogP contribution in [0.5, 0.6) is 5.75 Å². The number of hydrogen-bond acceptors (Lipinski definition) is 2. The molecule has 0 aliphatic carbocycles. The van der Waals surface area contributed by atoms with Crippen LogP contribution in [0.3, 0.4) is 0 Å². The molecule has 0 aliphatic heterocycles. The third kappa shape index (κ3) is 2.93. The summed E-state index contributed by atoms with van der Waals surface area (Å²) in [6.45, 7) is 6.35. The van der Waals surface area contributed by atoms with Crippen molar-refractivity contribution in [2.75, 3.05) is 20.0 Å². The van der Waals surface area contributed by atoms with E-state index in [4.69, 9.17) is 16.3 Å². The van der Waals surface area contributed by atoms with Crippen LogP contribution in [0.25, 0.3) is 0 Å². The summed E-state index contributed by atoms with van der Waals surface area (Å²) in [5.74, 6) is 1.63. The van der Waals surface area contributed by atoms with Crippen LogP contribution in [0, 0.1) is 20.8 Å². The zero-order valence-electron chi connectivity index (χ0n) is 11.4. The first-order chi connectivity index (χ1) is 8.06. The minimum Gasteiger partial charge on any atom is -0.496 e. The van der Waals surface area contributed by atoms with Gasteiger partial charge < -0.3 is 10.1 Å². The number of nitrogens with one attached hydrogen (secondary N) is 1. The van der Waals surface area contributed by atoms with E-state index in [0.29, 0.717) is 5.88 Å². The second-order valence-electron chi connectivity index (χ2n) is 4.40. The number of methoxy groups -OCH3 is 1. The Morgan fingerprint density at radius 1 is 1.29 bits per heavy atom. The van der Waals surface area contributed by atoms with Gasteiger partial charge in [0.1, 0.15) is 5.75 Å². The van der Waals surface area contributed by atoms with E-state index in [9.17, 15) is 0 Å². The molecule has 0 saturated carbocycles. The zero-order chi connectivity index (χ0) is 13.0. The first kappa shape index (κ1) is 14.3. The normalized spacial score (nSPS) is 12.6. The second-order valence-corrected chi connectivity index (χ2v) is 4.78. The monoisotopic (exact) mass is 255 g/mol. The van der Waals surface area contributed by atoms with E-state index in [1.54, 1.807) is 7.11 Å². The maximum Gasteiger partial charge on any atom is 0.127 e. The van der Waals surface area contributed by atoms with Gasteiger partial charge >= 0.3 is 0 Å². The molecule has 0 aliphatic rings. The molecule has 0 saturated heterocycles. The quantitative estimate of drug-likeness (QED) is 0.813. The Balaban J connectivity index is 3.34. The number of alkyl halides is 1. The molecule has 0 radical (unpaired) electrons. The Bertz CT molecular complexity index is 390. The molecular weight excluding hydrogens is 234 g/mol. The molecule has 1 N–H and O–H groups in total. The Labute approximate surface area is 109 Å². The average Bonchev–Trinajstić information content (AvgIpc) is 2.31. The van der Waals surface area contributed by atoms with Crippen molar-refractivity contribution in [3.8, 4) is 5.75 Å². The fourth-order valence-electron chi connectivity index (χ4n) is 2.31. The smallest absolute Gasteiger partial charge is 0.127 e. The van der Waals surface area contributed by atoms with E-state index in [0.717, 1.165) is 12.2 Å². The number of benzene rings is 1. The molecule has 96 valence electrons. The third-order valence-corrected chi connectivity index (χ3v) is 3.55. The summed E-state index contributed by atoms with van der Waals surface area (Å²) >= 11 is 5.86. The van der Waals surface area contributed by atoms with Gasteiger partial charge in [0, 0.05) is 17.5 Å². The summed E-state index contributed by atoms with van der Waals surface area (Å²) in [7, 11) is 3.70. The highest BCUT2D eigenvalue weighted by Crippen LogP contribution is 2.35. The summed E-state index contributed by atoms with van der Waals surface area (Å²) in [5.41, 5.74) is 4.97. The maximum atomic E-state index is 5.86. The van der Waals surface area contributed by atoms with Crippen LogP contribution in [0.1, 0.15) is 34.7 Å². The van der Waals surface area contributed by atoms with Crippen molar-refractivity contribution < 1.29 is 4.74 Å². The van der Waals surface area contributed by atoms with E-state index in [-0.39, 0.29) is 6.04 Å². The van der Waals surface area contributed by atoms with Crippen molar-refractivity contribution in [2.45, 2.75) is 33.2 Å². The van der Waals surface area contributed by atoms with Crippen LogP contribution >= 0.6 is 11.6 Å². The molecule has 1 rings (SSSR count). The van der Waals surface area contributed by atoms with Gasteiger partial charge in [-0.05, 0) is 50.9 Å². The number of hydrogen-bond donors (Lipinski definition) is 1. The van der Waals surface area contributed by atoms with Crippen molar-refractivity contribution in [2.24, 2.45) is 0 Å². The van der Waals surface area contributed by atoms with Crippen LogP contribution in [-0.4, -0.2) is 20.0 Å². The lowest BCUT2D eigenvalue weighted by Gasteiger charge is -2.23. The molecule has 0 spiro atoms. The number of rotatable bonds is 5. The molecule has 1 aromatic rings. The maximum absolute atomic E-state index is 5.86. The molecule has 1 aromatic carbocycles. The lowest BCUT2D eigenvalue weighted by molar-refractivity contribution is 0.396. The van der Waals surface area contributed by atoms with Crippen LogP contribution in [0.4, 0.5) is 0 Å². The van der Waals surface area contributed by atoms with Gasteiger partial charge in [-0.1, -0.05) is 6.07 Å². The predicted octanol–water partition coefficient (Wildman–Crippen LogP) is 3.51. The SMILES string of the molecule is CNC(CCCl)c1c(C)cc(C)c(C)c1OC. The summed E-state index contributed by atoms with van der Waals surface area (Å²) < 4.78 is 5.58. The molecule has 0 aromatic heterocycles. The Morgan fingerprint density at radius 2 is 1.94 bits per heavy atom. The first-order valence-electron chi connectivity index (χ1n) is 5.94. The Morgan fingerprint density at radius 3 is 2.41 bits per heavy atom. The molecule has 0 bridgehead atoms. The van der Waals surface area contributed by atoms with Gasteiger partial charge in [0.15, 0.2) is 0 Å². The van der Waals surface area contributed by atoms with Crippen LogP contribution in [0.15, 0.2) is 6.07 Å². The van der Waals surface area contributed by atoms with E-state index in [1.165, 1.54) is 22.3 Å². The van der Waals surface area contributed by atoms with Gasteiger partial charge in [0.2, 0.25) is 0 Å². The van der Waals surface area contributed by atoms with Gasteiger partial charge in [-0.2, -0.15) is 0 Å². The molecule has 17 heavy (non-hydrogen) atoms. The number of ether oxygens (including phenoxy) is 1. The third-order valence-electron chi connectivity index (χ3n) is 3.33. The van der Waals surface area contributed by atoms with Crippen LogP contribution < -0.4 is 10.1 Å². The van der Waals surface area contributed by atoms with Gasteiger partial charge in [0.25, 0.3) is 0 Å². The van der Waals surface area contributed by atoms with Gasteiger partial charge in [0.05, 0.1) is 7.11 Å². The van der Waals surface area contributed by atoms with Crippen molar-refractivity contribution in [1.29, 1.82) is 0 Å². The minimum absolute atomic E-state index is 0.252. The molecule has 1 atom stereocenters. The van der Waals surface area contributed by atoms with E-state index in [2.05, 4.69) is 32.2 Å². The molecule has 1 unspecified atom stereocenters. The van der Waals surface area contributed by atoms with E-state index >= 15 is 0 Å². The number of aryl methyl sites for hydroxylation is 2. The molecular formula is C14H22ClNO.